The van der Waals surface area contributed by atoms with Gasteiger partial charge in [0.1, 0.15) is 11.5 Å². The van der Waals surface area contributed by atoms with Gasteiger partial charge in [0.25, 0.3) is 10.0 Å². The molecule has 0 unspecified atom stereocenters. The monoisotopic (exact) mass is 374 g/mol. The minimum atomic E-state index is -3.71. The number of fused-ring (bicyclic) bond motifs is 1. The number of hydrogen-bond acceptors (Lipinski definition) is 5. The number of aromatic nitrogens is 1. The molecule has 0 spiro atoms. The van der Waals surface area contributed by atoms with Gasteiger partial charge in [0.15, 0.2) is 0 Å². The second-order valence-corrected chi connectivity index (χ2v) is 8.02. The summed E-state index contributed by atoms with van der Waals surface area (Å²) in [5.41, 5.74) is 1.58. The van der Waals surface area contributed by atoms with Gasteiger partial charge < -0.3 is 14.4 Å². The lowest BCUT2D eigenvalue weighted by Gasteiger charge is -2.15. The lowest BCUT2D eigenvalue weighted by atomic mass is 10.1. The van der Waals surface area contributed by atoms with Gasteiger partial charge in [-0.05, 0) is 56.6 Å². The third-order valence-electron chi connectivity index (χ3n) is 4.22. The highest BCUT2D eigenvalue weighted by molar-refractivity contribution is 7.90. The molecule has 7 heteroatoms. The van der Waals surface area contributed by atoms with Crippen molar-refractivity contribution in [1.82, 2.24) is 8.87 Å². The molecule has 3 rings (SSSR count). The molecule has 0 fully saturated rings. The fourth-order valence-electron chi connectivity index (χ4n) is 2.97. The van der Waals surface area contributed by atoms with Crippen molar-refractivity contribution in [2.24, 2.45) is 0 Å². The predicted molar refractivity (Wildman–Crippen MR) is 101 cm³/mol. The molecular formula is C19H22N2O4S. The molecule has 0 saturated carbocycles. The Morgan fingerprint density at radius 3 is 2.23 bits per heavy atom. The van der Waals surface area contributed by atoms with Crippen LogP contribution < -0.4 is 9.47 Å². The van der Waals surface area contributed by atoms with E-state index in [0.29, 0.717) is 17.8 Å². The van der Waals surface area contributed by atoms with Gasteiger partial charge in [0, 0.05) is 23.7 Å². The highest BCUT2D eigenvalue weighted by Gasteiger charge is 2.21. The van der Waals surface area contributed by atoms with Crippen LogP contribution in [0.15, 0.2) is 53.6 Å². The van der Waals surface area contributed by atoms with Gasteiger partial charge >= 0.3 is 0 Å². The maximum atomic E-state index is 13.1. The van der Waals surface area contributed by atoms with E-state index in [4.69, 9.17) is 9.47 Å². The number of ether oxygens (including phenoxy) is 2. The van der Waals surface area contributed by atoms with Crippen LogP contribution in [-0.4, -0.2) is 45.6 Å². The Morgan fingerprint density at radius 2 is 1.65 bits per heavy atom. The molecule has 1 aromatic heterocycles. The number of nitrogens with zero attached hydrogens (tertiary/aromatic N) is 2. The van der Waals surface area contributed by atoms with E-state index in [9.17, 15) is 8.42 Å². The molecule has 2 aromatic carbocycles. The van der Waals surface area contributed by atoms with Crippen molar-refractivity contribution in [3.05, 3.63) is 54.2 Å². The van der Waals surface area contributed by atoms with Gasteiger partial charge in [-0.15, -0.1) is 0 Å². The van der Waals surface area contributed by atoms with Crippen molar-refractivity contribution >= 4 is 20.9 Å². The van der Waals surface area contributed by atoms with E-state index in [-0.39, 0.29) is 4.90 Å². The van der Waals surface area contributed by atoms with E-state index in [1.165, 1.54) is 3.97 Å². The second-order valence-electron chi connectivity index (χ2n) is 6.21. The second kappa shape index (κ2) is 7.01. The first-order valence-corrected chi connectivity index (χ1v) is 9.53. The quantitative estimate of drug-likeness (QED) is 0.664. The SMILES string of the molecule is COc1ccc(S(=O)(=O)n2ccc3c(CN(C)C)c(OC)ccc32)cc1. The fourth-order valence-corrected chi connectivity index (χ4v) is 4.32. The van der Waals surface area contributed by atoms with Crippen molar-refractivity contribution in [2.45, 2.75) is 11.4 Å². The Bertz CT molecular complexity index is 1020. The number of hydrogen-bond donors (Lipinski definition) is 0. The molecule has 0 saturated heterocycles. The van der Waals surface area contributed by atoms with Crippen LogP contribution in [0.1, 0.15) is 5.56 Å². The molecule has 0 aliphatic carbocycles. The molecule has 26 heavy (non-hydrogen) atoms. The lowest BCUT2D eigenvalue weighted by molar-refractivity contribution is 0.374. The first-order valence-electron chi connectivity index (χ1n) is 8.09. The summed E-state index contributed by atoms with van der Waals surface area (Å²) in [6.45, 7) is 0.646. The van der Waals surface area contributed by atoms with Crippen LogP contribution in [0, 0.1) is 0 Å². The fraction of sp³-hybridized carbons (Fsp3) is 0.263. The van der Waals surface area contributed by atoms with Crippen LogP contribution in [0.25, 0.3) is 10.9 Å². The normalized spacial score (nSPS) is 11.9. The summed E-state index contributed by atoms with van der Waals surface area (Å²) < 4.78 is 38.0. The molecule has 6 nitrogen and oxygen atoms in total. The Kier molecular flexibility index (Phi) is 4.93. The number of methoxy groups -OCH3 is 2. The summed E-state index contributed by atoms with van der Waals surface area (Å²) in [5.74, 6) is 1.35. The van der Waals surface area contributed by atoms with E-state index in [1.807, 2.05) is 25.1 Å². The zero-order valence-electron chi connectivity index (χ0n) is 15.3. The molecular weight excluding hydrogens is 352 g/mol. The van der Waals surface area contributed by atoms with Crippen LogP contribution >= 0.6 is 0 Å². The number of rotatable bonds is 6. The molecule has 0 bridgehead atoms. The summed E-state index contributed by atoms with van der Waals surface area (Å²) in [6, 6.07) is 11.8. The summed E-state index contributed by atoms with van der Waals surface area (Å²) in [5, 5.41) is 0.857. The third kappa shape index (κ3) is 3.15. The molecule has 0 N–H and O–H groups in total. The average molecular weight is 374 g/mol. The Balaban J connectivity index is 2.16. The van der Waals surface area contributed by atoms with Crippen molar-refractivity contribution in [3.8, 4) is 11.5 Å². The zero-order chi connectivity index (χ0) is 18.9. The maximum absolute atomic E-state index is 13.1. The van der Waals surface area contributed by atoms with Crippen molar-refractivity contribution in [3.63, 3.8) is 0 Å². The molecule has 1 heterocycles. The molecule has 0 amide bonds. The van der Waals surface area contributed by atoms with Crippen molar-refractivity contribution in [2.75, 3.05) is 28.3 Å². The van der Waals surface area contributed by atoms with E-state index >= 15 is 0 Å². The summed E-state index contributed by atoms with van der Waals surface area (Å²) in [7, 11) is 3.38. The highest BCUT2D eigenvalue weighted by Crippen LogP contribution is 2.31. The topological polar surface area (TPSA) is 60.8 Å². The number of benzene rings is 2. The first-order chi connectivity index (χ1) is 12.4. The van der Waals surface area contributed by atoms with Gasteiger partial charge in [0.05, 0.1) is 24.6 Å². The molecule has 138 valence electrons. The minimum Gasteiger partial charge on any atom is -0.497 e. The minimum absolute atomic E-state index is 0.209. The third-order valence-corrected chi connectivity index (χ3v) is 5.92. The molecule has 0 radical (unpaired) electrons. The van der Waals surface area contributed by atoms with Crippen molar-refractivity contribution in [1.29, 1.82) is 0 Å². The van der Waals surface area contributed by atoms with E-state index in [0.717, 1.165) is 16.7 Å². The molecule has 0 aliphatic rings. The molecule has 0 atom stereocenters. The van der Waals surface area contributed by atoms with Crippen LogP contribution in [0.2, 0.25) is 0 Å². The maximum Gasteiger partial charge on any atom is 0.268 e. The Hall–Kier alpha value is -2.51. The van der Waals surface area contributed by atoms with E-state index < -0.39 is 10.0 Å². The van der Waals surface area contributed by atoms with Gasteiger partial charge in [-0.2, -0.15) is 0 Å². The smallest absolute Gasteiger partial charge is 0.268 e. The Morgan fingerprint density at radius 1 is 0.962 bits per heavy atom. The van der Waals surface area contributed by atoms with Gasteiger partial charge in [-0.3, -0.25) is 0 Å². The highest BCUT2D eigenvalue weighted by atomic mass is 32.2. The molecule has 3 aromatic rings. The zero-order valence-corrected chi connectivity index (χ0v) is 16.1. The van der Waals surface area contributed by atoms with Gasteiger partial charge in [-0.1, -0.05) is 0 Å². The van der Waals surface area contributed by atoms with Crippen molar-refractivity contribution < 1.29 is 17.9 Å². The summed E-state index contributed by atoms with van der Waals surface area (Å²) >= 11 is 0. The largest absolute Gasteiger partial charge is 0.497 e. The van der Waals surface area contributed by atoms with Crippen LogP contribution in [-0.2, 0) is 16.6 Å². The predicted octanol–water partition coefficient (Wildman–Crippen LogP) is 2.96. The van der Waals surface area contributed by atoms with Crippen LogP contribution in [0.5, 0.6) is 11.5 Å². The summed E-state index contributed by atoms with van der Waals surface area (Å²) in [4.78, 5) is 2.23. The van der Waals surface area contributed by atoms with E-state index in [2.05, 4.69) is 0 Å². The summed E-state index contributed by atoms with van der Waals surface area (Å²) in [6.07, 6.45) is 1.59. The van der Waals surface area contributed by atoms with Gasteiger partial charge in [-0.25, -0.2) is 12.4 Å². The molecule has 0 aliphatic heterocycles. The van der Waals surface area contributed by atoms with Gasteiger partial charge in [0.2, 0.25) is 0 Å². The van der Waals surface area contributed by atoms with Crippen LogP contribution in [0.4, 0.5) is 0 Å². The lowest BCUT2D eigenvalue weighted by Crippen LogP contribution is -2.13. The van der Waals surface area contributed by atoms with Crippen LogP contribution in [0.3, 0.4) is 0 Å². The first kappa shape index (κ1) is 18.3. The average Bonchev–Trinajstić information content (AvgIpc) is 3.07. The van der Waals surface area contributed by atoms with E-state index in [1.54, 1.807) is 56.8 Å². The Labute approximate surface area is 153 Å². The standard InChI is InChI=1S/C19H22N2O4S/c1-20(2)13-17-16-11-12-21(18(16)9-10-19(17)25-4)26(22,23)15-7-5-14(24-3)6-8-15/h5-12H,13H2,1-4H3.